The van der Waals surface area contributed by atoms with Gasteiger partial charge in [-0.3, -0.25) is 9.69 Å². The monoisotopic (exact) mass is 370 g/mol. The van der Waals surface area contributed by atoms with Crippen molar-refractivity contribution in [3.8, 4) is 11.4 Å². The van der Waals surface area contributed by atoms with Gasteiger partial charge in [0, 0.05) is 24.6 Å². The van der Waals surface area contributed by atoms with E-state index in [1.165, 1.54) is 0 Å². The average Bonchev–Trinajstić information content (AvgIpc) is 3.17. The number of nitrogens with zero attached hydrogens (tertiary/aromatic N) is 4. The first-order valence-corrected chi connectivity index (χ1v) is 9.68. The first-order valence-electron chi connectivity index (χ1n) is 9.68. The van der Waals surface area contributed by atoms with Crippen LogP contribution in [-0.2, 0) is 16.1 Å². The SMILES string of the molecule is Cc1ccccc1-c1noc(CN2CCC(C(=O)N3CCOCC3)CC2)n1. The van der Waals surface area contributed by atoms with Crippen molar-refractivity contribution in [2.75, 3.05) is 39.4 Å². The number of carbonyl (C=O) groups is 1. The van der Waals surface area contributed by atoms with Crippen LogP contribution in [-0.4, -0.2) is 65.2 Å². The van der Waals surface area contributed by atoms with Gasteiger partial charge in [0.25, 0.3) is 0 Å². The molecule has 3 heterocycles. The number of likely N-dealkylation sites (tertiary alicyclic amines) is 1. The van der Waals surface area contributed by atoms with Crippen molar-refractivity contribution in [3.63, 3.8) is 0 Å². The molecular formula is C20H26N4O3. The maximum atomic E-state index is 12.6. The molecule has 0 atom stereocenters. The number of aryl methyl sites for hydroxylation is 1. The summed E-state index contributed by atoms with van der Waals surface area (Å²) in [5.74, 6) is 1.69. The van der Waals surface area contributed by atoms with Gasteiger partial charge < -0.3 is 14.2 Å². The number of benzene rings is 1. The highest BCUT2D eigenvalue weighted by Gasteiger charge is 2.29. The van der Waals surface area contributed by atoms with Gasteiger partial charge in [0.1, 0.15) is 0 Å². The minimum atomic E-state index is 0.129. The van der Waals surface area contributed by atoms with Gasteiger partial charge >= 0.3 is 0 Å². The molecule has 2 aliphatic heterocycles. The second kappa shape index (κ2) is 8.19. The van der Waals surface area contributed by atoms with Crippen molar-refractivity contribution in [3.05, 3.63) is 35.7 Å². The molecule has 7 nitrogen and oxygen atoms in total. The normalized spacial score (nSPS) is 19.4. The van der Waals surface area contributed by atoms with Gasteiger partial charge in [-0.25, -0.2) is 0 Å². The average molecular weight is 370 g/mol. The van der Waals surface area contributed by atoms with Crippen LogP contribution in [0.2, 0.25) is 0 Å². The van der Waals surface area contributed by atoms with Crippen LogP contribution in [0.1, 0.15) is 24.3 Å². The Kier molecular flexibility index (Phi) is 5.50. The van der Waals surface area contributed by atoms with Gasteiger partial charge in [-0.1, -0.05) is 29.4 Å². The number of hydrogen-bond donors (Lipinski definition) is 0. The Morgan fingerprint density at radius 2 is 1.89 bits per heavy atom. The molecule has 27 heavy (non-hydrogen) atoms. The molecule has 4 rings (SSSR count). The van der Waals surface area contributed by atoms with E-state index in [-0.39, 0.29) is 11.8 Å². The van der Waals surface area contributed by atoms with Crippen LogP contribution in [0.4, 0.5) is 0 Å². The van der Waals surface area contributed by atoms with Crippen molar-refractivity contribution in [2.45, 2.75) is 26.3 Å². The quantitative estimate of drug-likeness (QED) is 0.821. The summed E-state index contributed by atoms with van der Waals surface area (Å²) in [7, 11) is 0. The summed E-state index contributed by atoms with van der Waals surface area (Å²) in [6.07, 6.45) is 1.77. The van der Waals surface area contributed by atoms with Gasteiger partial charge in [0.2, 0.25) is 17.6 Å². The molecule has 0 bridgehead atoms. The number of amides is 1. The van der Waals surface area contributed by atoms with E-state index in [0.717, 1.165) is 50.1 Å². The number of ether oxygens (including phenoxy) is 1. The smallest absolute Gasteiger partial charge is 0.241 e. The fourth-order valence-electron chi connectivity index (χ4n) is 3.82. The van der Waals surface area contributed by atoms with Crippen LogP contribution in [0.25, 0.3) is 11.4 Å². The number of morpholine rings is 1. The van der Waals surface area contributed by atoms with Crippen LogP contribution in [0.3, 0.4) is 0 Å². The molecule has 2 fully saturated rings. The number of aromatic nitrogens is 2. The Labute approximate surface area is 159 Å². The Morgan fingerprint density at radius 3 is 2.63 bits per heavy atom. The second-order valence-electron chi connectivity index (χ2n) is 7.31. The van der Waals surface area contributed by atoms with E-state index in [1.807, 2.05) is 36.1 Å². The fraction of sp³-hybridized carbons (Fsp3) is 0.550. The van der Waals surface area contributed by atoms with E-state index < -0.39 is 0 Å². The van der Waals surface area contributed by atoms with Crippen molar-refractivity contribution >= 4 is 5.91 Å². The molecule has 0 unspecified atom stereocenters. The molecular weight excluding hydrogens is 344 g/mol. The van der Waals surface area contributed by atoms with Gasteiger partial charge in [-0.15, -0.1) is 0 Å². The minimum Gasteiger partial charge on any atom is -0.378 e. The zero-order chi connectivity index (χ0) is 18.6. The van der Waals surface area contributed by atoms with E-state index in [0.29, 0.717) is 31.5 Å². The summed E-state index contributed by atoms with van der Waals surface area (Å²) in [5, 5.41) is 4.13. The molecule has 1 aromatic heterocycles. The molecule has 2 aromatic rings. The van der Waals surface area contributed by atoms with Crippen LogP contribution < -0.4 is 0 Å². The molecule has 0 spiro atoms. The fourth-order valence-corrected chi connectivity index (χ4v) is 3.82. The topological polar surface area (TPSA) is 71.7 Å². The highest BCUT2D eigenvalue weighted by molar-refractivity contribution is 5.79. The molecule has 7 heteroatoms. The first-order chi connectivity index (χ1) is 13.2. The van der Waals surface area contributed by atoms with Crippen molar-refractivity contribution in [1.29, 1.82) is 0 Å². The van der Waals surface area contributed by atoms with Crippen LogP contribution in [0, 0.1) is 12.8 Å². The van der Waals surface area contributed by atoms with E-state index >= 15 is 0 Å². The van der Waals surface area contributed by atoms with Gasteiger partial charge in [0.15, 0.2) is 0 Å². The number of hydrogen-bond acceptors (Lipinski definition) is 6. The Balaban J connectivity index is 1.31. The third-order valence-electron chi connectivity index (χ3n) is 5.47. The largest absolute Gasteiger partial charge is 0.378 e. The van der Waals surface area contributed by atoms with Crippen molar-refractivity contribution in [2.24, 2.45) is 5.92 Å². The molecule has 0 aliphatic carbocycles. The van der Waals surface area contributed by atoms with E-state index in [1.54, 1.807) is 0 Å². The van der Waals surface area contributed by atoms with Crippen LogP contribution in [0.15, 0.2) is 28.8 Å². The summed E-state index contributed by atoms with van der Waals surface area (Å²) >= 11 is 0. The maximum Gasteiger partial charge on any atom is 0.241 e. The third-order valence-corrected chi connectivity index (χ3v) is 5.47. The lowest BCUT2D eigenvalue weighted by molar-refractivity contribution is -0.141. The lowest BCUT2D eigenvalue weighted by Gasteiger charge is -2.35. The predicted molar refractivity (Wildman–Crippen MR) is 99.9 cm³/mol. The molecule has 144 valence electrons. The van der Waals surface area contributed by atoms with Gasteiger partial charge in [0.05, 0.1) is 19.8 Å². The van der Waals surface area contributed by atoms with E-state index in [4.69, 9.17) is 9.26 Å². The van der Waals surface area contributed by atoms with Gasteiger partial charge in [-0.05, 0) is 38.4 Å². The second-order valence-corrected chi connectivity index (χ2v) is 7.31. The molecule has 1 amide bonds. The van der Waals surface area contributed by atoms with Gasteiger partial charge in [-0.2, -0.15) is 4.98 Å². The van der Waals surface area contributed by atoms with Crippen LogP contribution in [0.5, 0.6) is 0 Å². The number of carbonyl (C=O) groups excluding carboxylic acids is 1. The summed E-state index contributed by atoms with van der Waals surface area (Å²) in [5.41, 5.74) is 2.13. The molecule has 2 aliphatic rings. The van der Waals surface area contributed by atoms with E-state index in [2.05, 4.69) is 15.0 Å². The summed E-state index contributed by atoms with van der Waals surface area (Å²) in [4.78, 5) is 21.4. The number of rotatable bonds is 4. The molecule has 0 N–H and O–H groups in total. The van der Waals surface area contributed by atoms with Crippen molar-refractivity contribution < 1.29 is 14.1 Å². The van der Waals surface area contributed by atoms with E-state index in [9.17, 15) is 4.79 Å². The molecule has 0 radical (unpaired) electrons. The Morgan fingerprint density at radius 1 is 1.15 bits per heavy atom. The highest BCUT2D eigenvalue weighted by atomic mass is 16.5. The highest BCUT2D eigenvalue weighted by Crippen LogP contribution is 2.23. The lowest BCUT2D eigenvalue weighted by Crippen LogP contribution is -2.46. The maximum absolute atomic E-state index is 12.6. The number of piperidine rings is 1. The molecule has 2 saturated heterocycles. The minimum absolute atomic E-state index is 0.129. The zero-order valence-electron chi connectivity index (χ0n) is 15.8. The Hall–Kier alpha value is -2.25. The summed E-state index contributed by atoms with van der Waals surface area (Å²) < 4.78 is 10.8. The van der Waals surface area contributed by atoms with Crippen molar-refractivity contribution in [1.82, 2.24) is 19.9 Å². The third kappa shape index (κ3) is 4.20. The standard InChI is InChI=1S/C20H26N4O3/c1-15-4-2-3-5-17(15)19-21-18(27-22-19)14-23-8-6-16(7-9-23)20(25)24-10-12-26-13-11-24/h2-5,16H,6-14H2,1H3. The molecule has 0 saturated carbocycles. The lowest BCUT2D eigenvalue weighted by atomic mass is 9.95. The summed E-state index contributed by atoms with van der Waals surface area (Å²) in [6.45, 7) is 7.20. The Bertz CT molecular complexity index is 777. The first kappa shape index (κ1) is 18.1. The zero-order valence-corrected chi connectivity index (χ0v) is 15.8. The predicted octanol–water partition coefficient (Wildman–Crippen LogP) is 2.12. The molecule has 1 aromatic carbocycles. The van der Waals surface area contributed by atoms with Crippen LogP contribution >= 0.6 is 0 Å². The summed E-state index contributed by atoms with van der Waals surface area (Å²) in [6, 6.07) is 8.03.